The number of hydrogen-bond donors (Lipinski definition) is 2. The summed E-state index contributed by atoms with van der Waals surface area (Å²) in [5.74, 6) is 0.875. The van der Waals surface area contributed by atoms with E-state index in [0.29, 0.717) is 0 Å². The molecular formula is C22H34IN5O. The highest BCUT2D eigenvalue weighted by Crippen LogP contribution is 2.22. The first-order valence-electron chi connectivity index (χ1n) is 10.3. The number of morpholine rings is 1. The zero-order valence-corrected chi connectivity index (χ0v) is 19.8. The van der Waals surface area contributed by atoms with E-state index in [4.69, 9.17) is 9.73 Å². The van der Waals surface area contributed by atoms with Crippen molar-refractivity contribution in [2.75, 3.05) is 45.9 Å². The van der Waals surface area contributed by atoms with Gasteiger partial charge in [-0.3, -0.25) is 9.89 Å². The van der Waals surface area contributed by atoms with Gasteiger partial charge >= 0.3 is 0 Å². The summed E-state index contributed by atoms with van der Waals surface area (Å²) in [7, 11) is 0. The monoisotopic (exact) mass is 511 g/mol. The van der Waals surface area contributed by atoms with Crippen LogP contribution in [0.3, 0.4) is 0 Å². The molecule has 3 rings (SSSR count). The first kappa shape index (κ1) is 23.7. The fraction of sp³-hybridized carbons (Fsp3) is 0.500. The Morgan fingerprint density at radius 3 is 2.45 bits per heavy atom. The van der Waals surface area contributed by atoms with Crippen molar-refractivity contribution in [1.29, 1.82) is 0 Å². The Balaban J connectivity index is 0.00000300. The highest BCUT2D eigenvalue weighted by Gasteiger charge is 2.22. The predicted molar refractivity (Wildman–Crippen MR) is 130 cm³/mol. The van der Waals surface area contributed by atoms with Crippen molar-refractivity contribution in [3.05, 3.63) is 59.9 Å². The Morgan fingerprint density at radius 2 is 1.79 bits per heavy atom. The van der Waals surface area contributed by atoms with Crippen molar-refractivity contribution in [2.24, 2.45) is 4.99 Å². The van der Waals surface area contributed by atoms with Crippen molar-refractivity contribution >= 4 is 29.9 Å². The van der Waals surface area contributed by atoms with Crippen LogP contribution in [-0.2, 0) is 11.3 Å². The van der Waals surface area contributed by atoms with E-state index in [1.807, 2.05) is 12.1 Å². The van der Waals surface area contributed by atoms with Crippen LogP contribution in [0.15, 0.2) is 53.8 Å². The Bertz CT molecular complexity index is 711. The molecule has 6 nitrogen and oxygen atoms in total. The van der Waals surface area contributed by atoms with Crippen LogP contribution in [0.2, 0.25) is 0 Å². The summed E-state index contributed by atoms with van der Waals surface area (Å²) in [6, 6.07) is 13.2. The van der Waals surface area contributed by atoms with E-state index in [-0.39, 0.29) is 30.0 Å². The maximum atomic E-state index is 5.55. The average molecular weight is 511 g/mol. The lowest BCUT2D eigenvalue weighted by Crippen LogP contribution is -2.42. The Morgan fingerprint density at radius 1 is 1.10 bits per heavy atom. The van der Waals surface area contributed by atoms with E-state index in [0.717, 1.165) is 58.4 Å². The summed E-state index contributed by atoms with van der Waals surface area (Å²) in [5.41, 5.74) is 2.60. The standard InChI is InChI=1S/C22H33N5O.HI/c1-3-23-22(24-10-13-26-11-4-5-12-26)25-18-21(27-14-16-28-17-15-27)20-8-6-19(2)7-9-20;/h4-9,11-12,21H,3,10,13-18H2,1-2H3,(H2,23,24,25);1H. The van der Waals surface area contributed by atoms with E-state index in [1.165, 1.54) is 11.1 Å². The second-order valence-electron chi connectivity index (χ2n) is 7.14. The molecule has 0 bridgehead atoms. The van der Waals surface area contributed by atoms with Gasteiger partial charge in [-0.2, -0.15) is 0 Å². The summed E-state index contributed by atoms with van der Waals surface area (Å²) < 4.78 is 7.72. The number of rotatable bonds is 8. The lowest BCUT2D eigenvalue weighted by molar-refractivity contribution is 0.0179. The second kappa shape index (κ2) is 12.9. The first-order valence-corrected chi connectivity index (χ1v) is 10.3. The van der Waals surface area contributed by atoms with E-state index < -0.39 is 0 Å². The average Bonchev–Trinajstić information content (AvgIpc) is 3.24. The van der Waals surface area contributed by atoms with Crippen molar-refractivity contribution in [3.8, 4) is 0 Å². The lowest BCUT2D eigenvalue weighted by Gasteiger charge is -2.34. The van der Waals surface area contributed by atoms with Crippen molar-refractivity contribution in [1.82, 2.24) is 20.1 Å². The van der Waals surface area contributed by atoms with Gasteiger partial charge < -0.3 is 19.9 Å². The Hall–Kier alpha value is -1.58. The first-order chi connectivity index (χ1) is 13.8. The molecule has 1 saturated heterocycles. The van der Waals surface area contributed by atoms with Gasteiger partial charge in [-0.15, -0.1) is 24.0 Å². The minimum Gasteiger partial charge on any atom is -0.379 e. The highest BCUT2D eigenvalue weighted by molar-refractivity contribution is 14.0. The largest absolute Gasteiger partial charge is 0.379 e. The van der Waals surface area contributed by atoms with Gasteiger partial charge in [0.2, 0.25) is 0 Å². The van der Waals surface area contributed by atoms with Gasteiger partial charge in [0.15, 0.2) is 5.96 Å². The number of ether oxygens (including phenoxy) is 1. The molecule has 1 aliphatic heterocycles. The number of benzene rings is 1. The van der Waals surface area contributed by atoms with Crippen LogP contribution in [0.1, 0.15) is 24.1 Å². The van der Waals surface area contributed by atoms with Gasteiger partial charge in [-0.25, -0.2) is 0 Å². The van der Waals surface area contributed by atoms with Crippen LogP contribution in [0.5, 0.6) is 0 Å². The van der Waals surface area contributed by atoms with Gasteiger partial charge in [-0.1, -0.05) is 29.8 Å². The quantitative estimate of drug-likeness (QED) is 0.325. The normalized spacial score (nSPS) is 16.1. The molecule has 1 unspecified atom stereocenters. The van der Waals surface area contributed by atoms with E-state index in [2.05, 4.69) is 70.6 Å². The van der Waals surface area contributed by atoms with Gasteiger partial charge in [0, 0.05) is 45.1 Å². The Labute approximate surface area is 191 Å². The summed E-state index contributed by atoms with van der Waals surface area (Å²) in [6.07, 6.45) is 4.16. The Kier molecular flexibility index (Phi) is 10.5. The molecule has 0 aliphatic carbocycles. The molecule has 2 heterocycles. The highest BCUT2D eigenvalue weighted by atomic mass is 127. The molecule has 1 aromatic carbocycles. The number of aryl methyl sites for hydroxylation is 1. The molecule has 0 amide bonds. The molecule has 1 atom stereocenters. The number of guanidine groups is 1. The molecule has 0 saturated carbocycles. The van der Waals surface area contributed by atoms with Crippen molar-refractivity contribution < 1.29 is 4.74 Å². The van der Waals surface area contributed by atoms with Crippen molar-refractivity contribution in [3.63, 3.8) is 0 Å². The molecule has 1 aliphatic rings. The van der Waals surface area contributed by atoms with Gasteiger partial charge in [0.25, 0.3) is 0 Å². The van der Waals surface area contributed by atoms with Crippen LogP contribution in [0.25, 0.3) is 0 Å². The van der Waals surface area contributed by atoms with Gasteiger partial charge in [0.1, 0.15) is 0 Å². The van der Waals surface area contributed by atoms with E-state index in [1.54, 1.807) is 0 Å². The fourth-order valence-corrected chi connectivity index (χ4v) is 3.45. The van der Waals surface area contributed by atoms with Crippen LogP contribution in [-0.4, -0.2) is 61.4 Å². The molecule has 7 heteroatoms. The van der Waals surface area contributed by atoms with Crippen LogP contribution >= 0.6 is 24.0 Å². The summed E-state index contributed by atoms with van der Waals surface area (Å²) in [6.45, 7) is 11.0. The maximum absolute atomic E-state index is 5.55. The SMILES string of the molecule is CCNC(=NCC(c1ccc(C)cc1)N1CCOCC1)NCCn1cccc1.I. The number of hydrogen-bond acceptors (Lipinski definition) is 3. The maximum Gasteiger partial charge on any atom is 0.191 e. The molecule has 1 aromatic heterocycles. The minimum absolute atomic E-state index is 0. The fourth-order valence-electron chi connectivity index (χ4n) is 3.45. The molecule has 29 heavy (non-hydrogen) atoms. The third kappa shape index (κ3) is 7.64. The minimum atomic E-state index is 0. The third-order valence-electron chi connectivity index (χ3n) is 5.04. The van der Waals surface area contributed by atoms with Gasteiger partial charge in [0.05, 0.1) is 25.8 Å². The van der Waals surface area contributed by atoms with E-state index in [9.17, 15) is 0 Å². The molecule has 2 aromatic rings. The number of aromatic nitrogens is 1. The third-order valence-corrected chi connectivity index (χ3v) is 5.04. The van der Waals surface area contributed by atoms with Crippen LogP contribution < -0.4 is 10.6 Å². The zero-order valence-electron chi connectivity index (χ0n) is 17.5. The summed E-state index contributed by atoms with van der Waals surface area (Å²) >= 11 is 0. The van der Waals surface area contributed by atoms with Crippen LogP contribution in [0.4, 0.5) is 0 Å². The van der Waals surface area contributed by atoms with Crippen LogP contribution in [0, 0.1) is 6.92 Å². The van der Waals surface area contributed by atoms with Crippen molar-refractivity contribution in [2.45, 2.75) is 26.4 Å². The number of nitrogens with one attached hydrogen (secondary N) is 2. The molecule has 0 radical (unpaired) electrons. The topological polar surface area (TPSA) is 53.8 Å². The molecule has 2 N–H and O–H groups in total. The predicted octanol–water partition coefficient (Wildman–Crippen LogP) is 3.04. The second-order valence-corrected chi connectivity index (χ2v) is 7.14. The molecule has 160 valence electrons. The summed E-state index contributed by atoms with van der Waals surface area (Å²) in [4.78, 5) is 7.40. The number of nitrogens with zero attached hydrogens (tertiary/aromatic N) is 3. The smallest absolute Gasteiger partial charge is 0.191 e. The molecule has 0 spiro atoms. The zero-order chi connectivity index (χ0) is 19.6. The van der Waals surface area contributed by atoms with Gasteiger partial charge in [-0.05, 0) is 31.5 Å². The summed E-state index contributed by atoms with van der Waals surface area (Å²) in [5, 5.41) is 6.82. The number of halogens is 1. The van der Waals surface area contributed by atoms with E-state index >= 15 is 0 Å². The lowest BCUT2D eigenvalue weighted by atomic mass is 10.0. The molecular weight excluding hydrogens is 477 g/mol. The number of aliphatic imine (C=N–C) groups is 1. The molecule has 1 fully saturated rings.